The van der Waals surface area contributed by atoms with Gasteiger partial charge in [0.2, 0.25) is 5.91 Å². The number of benzene rings is 1. The van der Waals surface area contributed by atoms with Gasteiger partial charge in [-0.15, -0.1) is 0 Å². The third-order valence-corrected chi connectivity index (χ3v) is 4.67. The molecule has 0 bridgehead atoms. The third-order valence-electron chi connectivity index (χ3n) is 4.67. The van der Waals surface area contributed by atoms with Crippen LogP contribution in [-0.2, 0) is 25.5 Å². The van der Waals surface area contributed by atoms with E-state index in [2.05, 4.69) is 0 Å². The molecule has 2 aliphatic heterocycles. The number of hydrogen-bond donors (Lipinski definition) is 0. The summed E-state index contributed by atoms with van der Waals surface area (Å²) in [5.41, 5.74) is 0.748. The van der Waals surface area contributed by atoms with E-state index in [0.29, 0.717) is 52.5 Å². The average Bonchev–Trinajstić information content (AvgIpc) is 2.69. The minimum absolute atomic E-state index is 0.0665. The van der Waals surface area contributed by atoms with Crippen molar-refractivity contribution in [3.8, 4) is 0 Å². The summed E-state index contributed by atoms with van der Waals surface area (Å²) < 4.78 is 18.1. The molecule has 2 aliphatic rings. The number of halogens is 1. The number of morpholine rings is 1. The van der Waals surface area contributed by atoms with Crippen LogP contribution in [0.1, 0.15) is 5.56 Å². The second kappa shape index (κ2) is 8.27. The van der Waals surface area contributed by atoms with Gasteiger partial charge in [-0.25, -0.2) is 4.39 Å². The zero-order valence-electron chi connectivity index (χ0n) is 14.5. The van der Waals surface area contributed by atoms with Gasteiger partial charge in [-0.05, 0) is 17.7 Å². The van der Waals surface area contributed by atoms with Crippen molar-refractivity contribution >= 4 is 17.7 Å². The SMILES string of the molecule is O=C(Cc1ccc(F)cc1)N1CCN(C(=O)C(=O)N2CCOCC2)CC1. The maximum Gasteiger partial charge on any atom is 0.312 e. The normalized spacial score (nSPS) is 18.0. The van der Waals surface area contributed by atoms with Gasteiger partial charge in [0.25, 0.3) is 0 Å². The van der Waals surface area contributed by atoms with Crippen LogP contribution in [0.3, 0.4) is 0 Å². The molecule has 7 nitrogen and oxygen atoms in total. The Morgan fingerprint density at radius 2 is 1.31 bits per heavy atom. The zero-order chi connectivity index (χ0) is 18.5. The Balaban J connectivity index is 1.48. The first-order valence-corrected chi connectivity index (χ1v) is 8.73. The van der Waals surface area contributed by atoms with Crippen LogP contribution in [0.4, 0.5) is 4.39 Å². The molecule has 0 aliphatic carbocycles. The predicted molar refractivity (Wildman–Crippen MR) is 90.7 cm³/mol. The van der Waals surface area contributed by atoms with Gasteiger partial charge in [0.15, 0.2) is 0 Å². The van der Waals surface area contributed by atoms with Crippen molar-refractivity contribution in [2.24, 2.45) is 0 Å². The highest BCUT2D eigenvalue weighted by molar-refractivity contribution is 6.34. The van der Waals surface area contributed by atoms with Crippen molar-refractivity contribution in [1.29, 1.82) is 0 Å². The molecule has 3 rings (SSSR count). The van der Waals surface area contributed by atoms with Gasteiger partial charge in [0.1, 0.15) is 5.82 Å². The number of amides is 3. The molecule has 0 unspecified atom stereocenters. The molecule has 2 saturated heterocycles. The van der Waals surface area contributed by atoms with E-state index in [1.54, 1.807) is 17.0 Å². The second-order valence-corrected chi connectivity index (χ2v) is 6.38. The molecule has 0 saturated carbocycles. The number of rotatable bonds is 2. The summed E-state index contributed by atoms with van der Waals surface area (Å²) in [5, 5.41) is 0. The molecule has 0 aromatic heterocycles. The van der Waals surface area contributed by atoms with Gasteiger partial charge in [0, 0.05) is 39.3 Å². The van der Waals surface area contributed by atoms with E-state index in [0.717, 1.165) is 5.56 Å². The minimum Gasteiger partial charge on any atom is -0.378 e. The summed E-state index contributed by atoms with van der Waals surface area (Å²) in [6.45, 7) is 3.22. The Bertz CT molecular complexity index is 666. The maximum atomic E-state index is 12.9. The summed E-state index contributed by atoms with van der Waals surface area (Å²) in [5.74, 6) is -1.42. The minimum atomic E-state index is -0.516. The van der Waals surface area contributed by atoms with Crippen LogP contribution >= 0.6 is 0 Å². The molecule has 2 heterocycles. The van der Waals surface area contributed by atoms with Crippen LogP contribution in [0, 0.1) is 5.82 Å². The lowest BCUT2D eigenvalue weighted by Gasteiger charge is -2.36. The van der Waals surface area contributed by atoms with E-state index in [-0.39, 0.29) is 18.1 Å². The molecular formula is C18H22FN3O4. The predicted octanol–water partition coefficient (Wildman–Crippen LogP) is -0.102. The lowest BCUT2D eigenvalue weighted by molar-refractivity contribution is -0.155. The quantitative estimate of drug-likeness (QED) is 0.688. The highest BCUT2D eigenvalue weighted by Gasteiger charge is 2.31. The highest BCUT2D eigenvalue weighted by Crippen LogP contribution is 2.09. The first-order valence-electron chi connectivity index (χ1n) is 8.73. The fourth-order valence-electron chi connectivity index (χ4n) is 3.08. The van der Waals surface area contributed by atoms with Crippen LogP contribution in [0.5, 0.6) is 0 Å². The van der Waals surface area contributed by atoms with Gasteiger partial charge in [-0.1, -0.05) is 12.1 Å². The van der Waals surface area contributed by atoms with Crippen molar-refractivity contribution in [3.63, 3.8) is 0 Å². The van der Waals surface area contributed by atoms with Crippen LogP contribution in [-0.4, -0.2) is 84.9 Å². The molecule has 0 N–H and O–H groups in total. The Kier molecular flexibility index (Phi) is 5.82. The lowest BCUT2D eigenvalue weighted by Crippen LogP contribution is -2.55. The smallest absolute Gasteiger partial charge is 0.312 e. The molecule has 2 fully saturated rings. The highest BCUT2D eigenvalue weighted by atomic mass is 19.1. The van der Waals surface area contributed by atoms with E-state index >= 15 is 0 Å². The van der Waals surface area contributed by atoms with Crippen molar-refractivity contribution in [2.45, 2.75) is 6.42 Å². The Labute approximate surface area is 151 Å². The summed E-state index contributed by atoms with van der Waals surface area (Å²) >= 11 is 0. The third kappa shape index (κ3) is 4.37. The molecule has 1 aromatic rings. The van der Waals surface area contributed by atoms with E-state index in [4.69, 9.17) is 4.74 Å². The number of nitrogens with zero attached hydrogens (tertiary/aromatic N) is 3. The second-order valence-electron chi connectivity index (χ2n) is 6.38. The van der Waals surface area contributed by atoms with E-state index in [9.17, 15) is 18.8 Å². The van der Waals surface area contributed by atoms with Crippen LogP contribution in [0.2, 0.25) is 0 Å². The van der Waals surface area contributed by atoms with Gasteiger partial charge >= 0.3 is 11.8 Å². The first kappa shape index (κ1) is 18.3. The molecule has 0 spiro atoms. The molecule has 140 valence electrons. The molecule has 0 radical (unpaired) electrons. The zero-order valence-corrected chi connectivity index (χ0v) is 14.5. The van der Waals surface area contributed by atoms with Gasteiger partial charge in [-0.3, -0.25) is 14.4 Å². The van der Waals surface area contributed by atoms with Crippen LogP contribution < -0.4 is 0 Å². The van der Waals surface area contributed by atoms with Crippen molar-refractivity contribution in [3.05, 3.63) is 35.6 Å². The summed E-state index contributed by atoms with van der Waals surface area (Å²) in [6, 6.07) is 5.84. The maximum absolute atomic E-state index is 12.9. The van der Waals surface area contributed by atoms with Crippen molar-refractivity contribution in [1.82, 2.24) is 14.7 Å². The lowest BCUT2D eigenvalue weighted by atomic mass is 10.1. The van der Waals surface area contributed by atoms with E-state index < -0.39 is 11.8 Å². The van der Waals surface area contributed by atoms with Crippen LogP contribution in [0.15, 0.2) is 24.3 Å². The Morgan fingerprint density at radius 3 is 1.88 bits per heavy atom. The van der Waals surface area contributed by atoms with Crippen molar-refractivity contribution in [2.75, 3.05) is 52.5 Å². The fourth-order valence-corrected chi connectivity index (χ4v) is 3.08. The van der Waals surface area contributed by atoms with Crippen molar-refractivity contribution < 1.29 is 23.5 Å². The Hall–Kier alpha value is -2.48. The topological polar surface area (TPSA) is 70.2 Å². The molecule has 3 amide bonds. The molecule has 26 heavy (non-hydrogen) atoms. The average molecular weight is 363 g/mol. The van der Waals surface area contributed by atoms with E-state index in [1.807, 2.05) is 0 Å². The fraction of sp³-hybridized carbons (Fsp3) is 0.500. The monoisotopic (exact) mass is 363 g/mol. The summed E-state index contributed by atoms with van der Waals surface area (Å²) in [6.07, 6.45) is 0.195. The standard InChI is InChI=1S/C18H22FN3O4/c19-15-3-1-14(2-4-15)13-16(23)20-5-7-21(8-6-20)17(24)18(25)22-9-11-26-12-10-22/h1-4H,5-13H2. The van der Waals surface area contributed by atoms with E-state index in [1.165, 1.54) is 21.9 Å². The number of carbonyl (C=O) groups is 3. The van der Waals surface area contributed by atoms with Gasteiger partial charge < -0.3 is 19.4 Å². The number of ether oxygens (including phenoxy) is 1. The first-order chi connectivity index (χ1) is 12.5. The number of hydrogen-bond acceptors (Lipinski definition) is 4. The largest absolute Gasteiger partial charge is 0.378 e. The number of carbonyl (C=O) groups excluding carboxylic acids is 3. The Morgan fingerprint density at radius 1 is 0.808 bits per heavy atom. The number of piperazine rings is 1. The summed E-state index contributed by atoms with van der Waals surface area (Å²) in [4.78, 5) is 41.6. The molecule has 1 aromatic carbocycles. The van der Waals surface area contributed by atoms with Gasteiger partial charge in [-0.2, -0.15) is 0 Å². The van der Waals surface area contributed by atoms with Gasteiger partial charge in [0.05, 0.1) is 19.6 Å². The van der Waals surface area contributed by atoms with Crippen LogP contribution in [0.25, 0.3) is 0 Å². The molecule has 0 atom stereocenters. The molecular weight excluding hydrogens is 341 g/mol. The molecule has 8 heteroatoms. The summed E-state index contributed by atoms with van der Waals surface area (Å²) in [7, 11) is 0.